The van der Waals surface area contributed by atoms with E-state index in [0.29, 0.717) is 17.5 Å². The van der Waals surface area contributed by atoms with Gasteiger partial charge in [-0.1, -0.05) is 152 Å². The maximum atomic E-state index is 6.43. The lowest BCUT2D eigenvalue weighted by molar-refractivity contribution is 0.669. The van der Waals surface area contributed by atoms with Crippen LogP contribution in [-0.2, 0) is 0 Å². The molecule has 5 nitrogen and oxygen atoms in total. The van der Waals surface area contributed by atoms with E-state index in [0.717, 1.165) is 82.9 Å². The third kappa shape index (κ3) is 5.61. The fraction of sp³-hybridized carbons (Fsp3) is 0. The van der Waals surface area contributed by atoms with Crippen molar-refractivity contribution in [1.82, 2.24) is 19.9 Å². The third-order valence-corrected chi connectivity index (χ3v) is 9.82. The molecule has 0 aliphatic rings. The zero-order valence-electron chi connectivity index (χ0n) is 28.5. The third-order valence-electron chi connectivity index (χ3n) is 9.82. The summed E-state index contributed by atoms with van der Waals surface area (Å²) in [6.45, 7) is 0. The average molecular weight is 679 g/mol. The van der Waals surface area contributed by atoms with Crippen LogP contribution in [-0.4, -0.2) is 19.9 Å². The molecule has 10 aromatic rings. The Morgan fingerprint density at radius 1 is 0.358 bits per heavy atom. The van der Waals surface area contributed by atoms with E-state index >= 15 is 0 Å². The summed E-state index contributed by atoms with van der Waals surface area (Å²) in [4.78, 5) is 19.8. The van der Waals surface area contributed by atoms with Crippen molar-refractivity contribution in [2.45, 2.75) is 0 Å². The van der Waals surface area contributed by atoms with Gasteiger partial charge in [-0.15, -0.1) is 0 Å². The SMILES string of the molecule is c1ccc(-c2ccc(-c3nc(-c4ccccc4)nc(-c4cccc5oc6ccc(-c7ccc(-c8cccc9cccnc89)cc7)cc6c45)n3)cc2)cc1. The molecule has 7 aromatic carbocycles. The Bertz CT molecular complexity index is 2910. The van der Waals surface area contributed by atoms with Crippen molar-refractivity contribution in [2.75, 3.05) is 0 Å². The highest BCUT2D eigenvalue weighted by Gasteiger charge is 2.18. The van der Waals surface area contributed by atoms with Gasteiger partial charge in [-0.3, -0.25) is 4.98 Å². The molecule has 5 heteroatoms. The van der Waals surface area contributed by atoms with Crippen molar-refractivity contribution in [2.24, 2.45) is 0 Å². The number of para-hydroxylation sites is 1. The standard InChI is InChI=1S/C48H30N4O/c1-3-10-31(11-4-1)32-21-25-37(26-22-32)47-50-46(36-12-5-2-6-13-36)51-48(52-47)40-17-8-18-43-44(40)41-30-38(27-28-42(41)53-43)33-19-23-34(24-20-33)39-16-7-14-35-15-9-29-49-45(35)39/h1-30H. The number of benzene rings is 7. The van der Waals surface area contributed by atoms with Crippen LogP contribution in [0.3, 0.4) is 0 Å². The Kier molecular flexibility index (Phi) is 7.40. The Balaban J connectivity index is 1.08. The zero-order valence-corrected chi connectivity index (χ0v) is 28.5. The monoisotopic (exact) mass is 678 g/mol. The second kappa shape index (κ2) is 12.8. The van der Waals surface area contributed by atoms with Crippen molar-refractivity contribution >= 4 is 32.8 Å². The van der Waals surface area contributed by atoms with E-state index in [1.165, 1.54) is 0 Å². The maximum absolute atomic E-state index is 6.43. The Morgan fingerprint density at radius 3 is 1.66 bits per heavy atom. The Labute approximate surface area is 305 Å². The first-order chi connectivity index (χ1) is 26.2. The molecule has 3 aromatic heterocycles. The van der Waals surface area contributed by atoms with Crippen molar-refractivity contribution in [3.63, 3.8) is 0 Å². The van der Waals surface area contributed by atoms with Gasteiger partial charge in [-0.25, -0.2) is 15.0 Å². The second-order valence-electron chi connectivity index (χ2n) is 13.1. The molecule has 0 aliphatic carbocycles. The number of nitrogens with zero attached hydrogens (tertiary/aromatic N) is 4. The summed E-state index contributed by atoms with van der Waals surface area (Å²) < 4.78 is 6.43. The molecule has 10 rings (SSSR count). The van der Waals surface area contributed by atoms with Crippen LogP contribution >= 0.6 is 0 Å². The van der Waals surface area contributed by atoms with Crippen molar-refractivity contribution in [3.05, 3.63) is 182 Å². The van der Waals surface area contributed by atoms with Gasteiger partial charge in [0.25, 0.3) is 0 Å². The van der Waals surface area contributed by atoms with Gasteiger partial charge in [0, 0.05) is 44.6 Å². The van der Waals surface area contributed by atoms with Gasteiger partial charge in [-0.05, 0) is 52.1 Å². The highest BCUT2D eigenvalue weighted by Crippen LogP contribution is 2.39. The normalized spacial score (nSPS) is 11.4. The highest BCUT2D eigenvalue weighted by molar-refractivity contribution is 6.12. The number of pyridine rings is 1. The molecule has 53 heavy (non-hydrogen) atoms. The molecule has 0 bridgehead atoms. The summed E-state index contributed by atoms with van der Waals surface area (Å²) in [6.07, 6.45) is 1.85. The van der Waals surface area contributed by atoms with Crippen LogP contribution in [0.15, 0.2) is 187 Å². The molecule has 0 fully saturated rings. The van der Waals surface area contributed by atoms with E-state index in [2.05, 4.69) is 126 Å². The molecule has 3 heterocycles. The molecule has 0 N–H and O–H groups in total. The molecule has 0 spiro atoms. The second-order valence-corrected chi connectivity index (χ2v) is 13.1. The lowest BCUT2D eigenvalue weighted by Gasteiger charge is -2.10. The van der Waals surface area contributed by atoms with Gasteiger partial charge < -0.3 is 4.42 Å². The molecular formula is C48H30N4O. The van der Waals surface area contributed by atoms with E-state index in [1.807, 2.05) is 60.8 Å². The van der Waals surface area contributed by atoms with E-state index in [1.54, 1.807) is 0 Å². The number of aromatic nitrogens is 4. The highest BCUT2D eigenvalue weighted by atomic mass is 16.3. The Hall–Kier alpha value is -7.24. The lowest BCUT2D eigenvalue weighted by atomic mass is 9.97. The molecule has 248 valence electrons. The van der Waals surface area contributed by atoms with E-state index < -0.39 is 0 Å². The van der Waals surface area contributed by atoms with Gasteiger partial charge in [0.15, 0.2) is 17.5 Å². The van der Waals surface area contributed by atoms with Crippen LogP contribution in [0.5, 0.6) is 0 Å². The Morgan fingerprint density at radius 2 is 0.906 bits per heavy atom. The summed E-state index contributed by atoms with van der Waals surface area (Å²) in [5.74, 6) is 1.82. The largest absolute Gasteiger partial charge is 0.456 e. The molecule has 0 unspecified atom stereocenters. The number of furan rings is 1. The lowest BCUT2D eigenvalue weighted by Crippen LogP contribution is -2.00. The van der Waals surface area contributed by atoms with Gasteiger partial charge >= 0.3 is 0 Å². The molecule has 0 aliphatic heterocycles. The smallest absolute Gasteiger partial charge is 0.164 e. The average Bonchev–Trinajstić information content (AvgIpc) is 3.62. The first-order valence-electron chi connectivity index (χ1n) is 17.6. The predicted octanol–water partition coefficient (Wildman–Crippen LogP) is 12.3. The zero-order chi connectivity index (χ0) is 35.1. The first kappa shape index (κ1) is 30.6. The van der Waals surface area contributed by atoms with Crippen LogP contribution < -0.4 is 0 Å². The maximum Gasteiger partial charge on any atom is 0.164 e. The van der Waals surface area contributed by atoms with Gasteiger partial charge in [-0.2, -0.15) is 0 Å². The minimum absolute atomic E-state index is 0.591. The minimum Gasteiger partial charge on any atom is -0.456 e. The number of hydrogen-bond acceptors (Lipinski definition) is 5. The number of hydrogen-bond donors (Lipinski definition) is 0. The molecule has 0 saturated carbocycles. The molecule has 0 radical (unpaired) electrons. The van der Waals surface area contributed by atoms with Gasteiger partial charge in [0.2, 0.25) is 0 Å². The fourth-order valence-corrected chi connectivity index (χ4v) is 7.16. The number of fused-ring (bicyclic) bond motifs is 4. The molecular weight excluding hydrogens is 649 g/mol. The van der Waals surface area contributed by atoms with Crippen molar-refractivity contribution in [3.8, 4) is 67.5 Å². The van der Waals surface area contributed by atoms with Crippen LogP contribution in [0.2, 0.25) is 0 Å². The quantitative estimate of drug-likeness (QED) is 0.175. The molecule has 0 atom stereocenters. The van der Waals surface area contributed by atoms with Crippen LogP contribution in [0.25, 0.3) is 100 Å². The van der Waals surface area contributed by atoms with Crippen LogP contribution in [0.4, 0.5) is 0 Å². The van der Waals surface area contributed by atoms with Gasteiger partial charge in [0.1, 0.15) is 11.2 Å². The van der Waals surface area contributed by atoms with Gasteiger partial charge in [0.05, 0.1) is 5.52 Å². The first-order valence-corrected chi connectivity index (χ1v) is 17.6. The minimum atomic E-state index is 0.591. The van der Waals surface area contributed by atoms with Crippen molar-refractivity contribution in [1.29, 1.82) is 0 Å². The summed E-state index contributed by atoms with van der Waals surface area (Å²) in [6, 6.07) is 60.4. The summed E-state index contributed by atoms with van der Waals surface area (Å²) in [5.41, 5.74) is 12.1. The van der Waals surface area contributed by atoms with E-state index in [4.69, 9.17) is 19.4 Å². The van der Waals surface area contributed by atoms with Crippen molar-refractivity contribution < 1.29 is 4.42 Å². The van der Waals surface area contributed by atoms with E-state index in [9.17, 15) is 0 Å². The van der Waals surface area contributed by atoms with Crippen LogP contribution in [0.1, 0.15) is 0 Å². The molecule has 0 saturated heterocycles. The topological polar surface area (TPSA) is 64.7 Å². The predicted molar refractivity (Wildman–Crippen MR) is 215 cm³/mol. The van der Waals surface area contributed by atoms with E-state index in [-0.39, 0.29) is 0 Å². The van der Waals surface area contributed by atoms with Crippen LogP contribution in [0, 0.1) is 0 Å². The number of rotatable bonds is 6. The summed E-state index contributed by atoms with van der Waals surface area (Å²) in [7, 11) is 0. The summed E-state index contributed by atoms with van der Waals surface area (Å²) in [5, 5.41) is 3.11. The fourth-order valence-electron chi connectivity index (χ4n) is 7.16. The molecule has 0 amide bonds. The summed E-state index contributed by atoms with van der Waals surface area (Å²) >= 11 is 0.